The Bertz CT molecular complexity index is 135. The fourth-order valence-electron chi connectivity index (χ4n) is 1.10. The van der Waals surface area contributed by atoms with Crippen LogP contribution in [0.25, 0.3) is 0 Å². The summed E-state index contributed by atoms with van der Waals surface area (Å²) in [6, 6.07) is 0. The van der Waals surface area contributed by atoms with Gasteiger partial charge in [0.05, 0.1) is 0 Å². The van der Waals surface area contributed by atoms with Crippen LogP contribution in [0.3, 0.4) is 0 Å². The topological polar surface area (TPSA) is 6.48 Å². The number of piperazine rings is 1. The third-order valence-corrected chi connectivity index (χ3v) is 16.8. The Balaban J connectivity index is 2.34. The first-order chi connectivity index (χ1) is 5.61. The molecule has 1 aliphatic heterocycles. The summed E-state index contributed by atoms with van der Waals surface area (Å²) in [6.45, 7) is 9.85. The van der Waals surface area contributed by atoms with Crippen molar-refractivity contribution in [1.29, 1.82) is 0 Å². The van der Waals surface area contributed by atoms with E-state index in [0.717, 1.165) is 3.92 Å². The van der Waals surface area contributed by atoms with Crippen molar-refractivity contribution in [1.82, 2.24) is 6.23 Å². The molecule has 0 bridgehead atoms. The molecule has 0 aliphatic carbocycles. The molecule has 1 fully saturated rings. The predicted octanol–water partition coefficient (Wildman–Crippen LogP) is 3.13. The van der Waals surface area contributed by atoms with Crippen molar-refractivity contribution in [3.05, 3.63) is 0 Å². The number of hydrogen-bond acceptors (Lipinski definition) is 2. The molecule has 0 amide bonds. The van der Waals surface area contributed by atoms with Crippen molar-refractivity contribution >= 4 is 57.6 Å². The molecule has 12 heavy (non-hydrogen) atoms. The fourth-order valence-corrected chi connectivity index (χ4v) is 6.90. The van der Waals surface area contributed by atoms with Crippen molar-refractivity contribution in [3.63, 3.8) is 0 Å². The molecule has 5 heteroatoms. The van der Waals surface area contributed by atoms with Crippen LogP contribution in [0.4, 0.5) is 0 Å². The van der Waals surface area contributed by atoms with Crippen LogP contribution in [0.1, 0.15) is 13.8 Å². The van der Waals surface area contributed by atoms with Gasteiger partial charge in [-0.15, -0.1) is 0 Å². The summed E-state index contributed by atoms with van der Waals surface area (Å²) in [5, 5.41) is 0. The molecule has 1 aliphatic rings. The van der Waals surface area contributed by atoms with E-state index in [1.807, 2.05) is 0 Å². The monoisotopic (exact) mass is 508 g/mol. The molecule has 2 nitrogen and oxygen atoms in total. The van der Waals surface area contributed by atoms with E-state index in [9.17, 15) is 0 Å². The van der Waals surface area contributed by atoms with E-state index in [1.165, 1.54) is 26.2 Å². The molecule has 74 valence electrons. The first-order valence-electron chi connectivity index (χ1n) is 4.12. The second-order valence-corrected chi connectivity index (χ2v) is 15.3. The van der Waals surface area contributed by atoms with Gasteiger partial charge >= 0.3 is 108 Å². The fraction of sp³-hybridized carbons (Fsp3) is 1.00. The quantitative estimate of drug-likeness (QED) is 0.322. The Hall–Kier alpha value is 2.11. The van der Waals surface area contributed by atoms with Crippen molar-refractivity contribution in [2.24, 2.45) is 0 Å². The molecule has 0 unspecified atom stereocenters. The van der Waals surface area contributed by atoms with Gasteiger partial charge in [-0.1, -0.05) is 0 Å². The molecule has 1 saturated heterocycles. The summed E-state index contributed by atoms with van der Waals surface area (Å²) >= 11 is 4.37. The van der Waals surface area contributed by atoms with E-state index >= 15 is 0 Å². The van der Waals surface area contributed by atoms with E-state index in [0.29, 0.717) is 0 Å². The number of alkyl halides is 1. The first kappa shape index (κ1) is 12.2. The summed E-state index contributed by atoms with van der Waals surface area (Å²) < 4.78 is 6.06. The van der Waals surface area contributed by atoms with Crippen LogP contribution in [0.2, 0.25) is 0 Å². The average Bonchev–Trinajstić information content (AvgIpc) is 2.04. The van der Waals surface area contributed by atoms with Crippen LogP contribution in [0, 0.1) is 0 Å². The number of hydrogen-bond donors (Lipinski definition) is 0. The van der Waals surface area contributed by atoms with Crippen LogP contribution < -0.4 is 0 Å². The molecule has 0 radical (unpaired) electrons. The standard InChI is InChI=1S/C7H15I3N2/c1-7(2)10(8)12-5-3-11(9)4-6-12/h7H,3-6H2,1-2H3. The molecule has 0 atom stereocenters. The van der Waals surface area contributed by atoms with Gasteiger partial charge in [0.2, 0.25) is 0 Å². The van der Waals surface area contributed by atoms with Gasteiger partial charge in [-0.05, 0) is 0 Å². The minimum absolute atomic E-state index is 0.781. The van der Waals surface area contributed by atoms with Crippen molar-refractivity contribution in [3.8, 4) is 0 Å². The van der Waals surface area contributed by atoms with Crippen LogP contribution >= 0.6 is 57.6 Å². The van der Waals surface area contributed by atoms with Crippen LogP contribution in [-0.4, -0.2) is 36.3 Å². The third kappa shape index (κ3) is 3.70. The van der Waals surface area contributed by atoms with E-state index < -0.39 is 16.1 Å². The maximum absolute atomic E-state index is 2.74. The van der Waals surface area contributed by atoms with E-state index in [-0.39, 0.29) is 0 Å². The molecular weight excluding hydrogens is 493 g/mol. The zero-order valence-corrected chi connectivity index (χ0v) is 13.9. The van der Waals surface area contributed by atoms with Gasteiger partial charge in [0.25, 0.3) is 0 Å². The first-order valence-corrected chi connectivity index (χ1v) is 13.6. The second-order valence-electron chi connectivity index (χ2n) is 3.08. The molecule has 1 heterocycles. The molecule has 0 spiro atoms. The second kappa shape index (κ2) is 5.86. The maximum atomic E-state index is 2.74. The van der Waals surface area contributed by atoms with Crippen LogP contribution in [-0.2, 0) is 0 Å². The summed E-state index contributed by atoms with van der Waals surface area (Å²) in [5.74, 6) is 0. The SMILES string of the molecule is CC(C)I(I)N1CCN(I)CC1. The van der Waals surface area contributed by atoms with Gasteiger partial charge in [0, 0.05) is 0 Å². The van der Waals surface area contributed by atoms with Crippen LogP contribution in [0.5, 0.6) is 0 Å². The Morgan fingerprint density at radius 2 is 1.67 bits per heavy atom. The summed E-state index contributed by atoms with van der Waals surface area (Å²) in [5.41, 5.74) is 0. The summed E-state index contributed by atoms with van der Waals surface area (Å²) in [4.78, 5) is 0. The van der Waals surface area contributed by atoms with Crippen molar-refractivity contribution < 1.29 is 0 Å². The number of nitrogens with zero attached hydrogens (tertiary/aromatic N) is 2. The van der Waals surface area contributed by atoms with Crippen molar-refractivity contribution in [2.45, 2.75) is 17.8 Å². The third-order valence-electron chi connectivity index (χ3n) is 1.76. The molecular formula is C7H15I3N2. The van der Waals surface area contributed by atoms with E-state index in [1.54, 1.807) is 0 Å². The van der Waals surface area contributed by atoms with Gasteiger partial charge in [-0.25, -0.2) is 0 Å². The molecule has 0 aromatic heterocycles. The number of rotatable bonds is 2. The van der Waals surface area contributed by atoms with Gasteiger partial charge in [-0.3, -0.25) is 0 Å². The Morgan fingerprint density at radius 3 is 2.08 bits per heavy atom. The normalized spacial score (nSPS) is 23.2. The Kier molecular flexibility index (Phi) is 5.95. The Morgan fingerprint density at radius 1 is 1.17 bits per heavy atom. The number of halogens is 3. The average molecular weight is 508 g/mol. The predicted molar refractivity (Wildman–Crippen MR) is 80.3 cm³/mol. The zero-order chi connectivity index (χ0) is 9.14. The molecule has 0 N–H and O–H groups in total. The summed E-state index contributed by atoms with van der Waals surface area (Å²) in [6.07, 6.45) is 0. The van der Waals surface area contributed by atoms with E-state index in [4.69, 9.17) is 0 Å². The van der Waals surface area contributed by atoms with Crippen LogP contribution in [0.15, 0.2) is 0 Å². The van der Waals surface area contributed by atoms with Gasteiger partial charge in [0.15, 0.2) is 0 Å². The minimum atomic E-state index is -0.781. The molecule has 1 rings (SSSR count). The van der Waals surface area contributed by atoms with Gasteiger partial charge in [-0.2, -0.15) is 0 Å². The van der Waals surface area contributed by atoms with Crippen molar-refractivity contribution in [2.75, 3.05) is 26.2 Å². The van der Waals surface area contributed by atoms with Gasteiger partial charge in [0.1, 0.15) is 0 Å². The summed E-state index contributed by atoms with van der Waals surface area (Å²) in [7, 11) is 0. The molecule has 0 aromatic rings. The molecule has 0 aromatic carbocycles. The molecule has 0 saturated carbocycles. The van der Waals surface area contributed by atoms with Gasteiger partial charge < -0.3 is 0 Å². The Labute approximate surface area is 106 Å². The van der Waals surface area contributed by atoms with E-state index in [2.05, 4.69) is 61.6 Å². The zero-order valence-electron chi connectivity index (χ0n) is 7.43.